The van der Waals surface area contributed by atoms with Crippen molar-refractivity contribution in [2.24, 2.45) is 29.6 Å². The molecule has 0 aromatic carbocycles. The van der Waals surface area contributed by atoms with Crippen molar-refractivity contribution in [3.8, 4) is 0 Å². The number of hydrogen-bond acceptors (Lipinski definition) is 5. The number of esters is 1. The van der Waals surface area contributed by atoms with E-state index in [4.69, 9.17) is 14.2 Å². The Morgan fingerprint density at radius 1 is 1.35 bits per heavy atom. The van der Waals surface area contributed by atoms with Crippen molar-refractivity contribution >= 4 is 12.1 Å². The van der Waals surface area contributed by atoms with Crippen LogP contribution < -0.4 is 0 Å². The van der Waals surface area contributed by atoms with Crippen molar-refractivity contribution in [1.82, 2.24) is 0 Å². The number of fused-ring (bicyclic) bond motifs is 1. The molecular formula is C18H26O5. The normalized spacial score (nSPS) is 38.7. The third kappa shape index (κ3) is 3.38. The van der Waals surface area contributed by atoms with Gasteiger partial charge in [0.15, 0.2) is 0 Å². The zero-order valence-electron chi connectivity index (χ0n) is 14.1. The fourth-order valence-corrected chi connectivity index (χ4v) is 3.95. The quantitative estimate of drug-likeness (QED) is 0.587. The summed E-state index contributed by atoms with van der Waals surface area (Å²) in [6.07, 6.45) is 5.86. The van der Waals surface area contributed by atoms with Crippen molar-refractivity contribution < 1.29 is 23.8 Å². The molecule has 3 aliphatic rings. The molecule has 0 aromatic heterocycles. The lowest BCUT2D eigenvalue weighted by Crippen LogP contribution is -2.36. The first-order valence-electron chi connectivity index (χ1n) is 8.68. The number of carbonyl (C=O) groups is 2. The minimum absolute atomic E-state index is 0.0495. The maximum absolute atomic E-state index is 12.0. The number of rotatable bonds is 4. The fraction of sp³-hybridized carbons (Fsp3) is 0.778. The molecule has 128 valence electrons. The molecule has 2 fully saturated rings. The molecule has 23 heavy (non-hydrogen) atoms. The molecule has 0 bridgehead atoms. The van der Waals surface area contributed by atoms with Crippen LogP contribution in [0.2, 0.25) is 0 Å². The summed E-state index contributed by atoms with van der Waals surface area (Å²) in [6.45, 7) is 6.61. The van der Waals surface area contributed by atoms with E-state index in [1.165, 1.54) is 6.42 Å². The average Bonchev–Trinajstić information content (AvgIpc) is 2.64. The van der Waals surface area contributed by atoms with Crippen LogP contribution in [0, 0.1) is 29.6 Å². The van der Waals surface area contributed by atoms with Gasteiger partial charge in [0, 0.05) is 5.92 Å². The monoisotopic (exact) mass is 322 g/mol. The van der Waals surface area contributed by atoms with Gasteiger partial charge in [-0.15, -0.1) is 0 Å². The standard InChI is InChI=1S/C18H26O5/c1-10(2)12-5-4-11(3)8-15(12)23-18(20)21-9-16-13-6-7-14(13)17(19)22-16/h6-7,10-16H,4-5,8-9H2,1-3H3/t11-,12+,13+,14-,15-,16-/m1/s1. The van der Waals surface area contributed by atoms with Crippen molar-refractivity contribution in [2.75, 3.05) is 6.61 Å². The van der Waals surface area contributed by atoms with Gasteiger partial charge in [-0.3, -0.25) is 4.79 Å². The molecule has 0 spiro atoms. The van der Waals surface area contributed by atoms with Crippen LogP contribution in [0.15, 0.2) is 12.2 Å². The van der Waals surface area contributed by atoms with E-state index in [0.717, 1.165) is 12.8 Å². The van der Waals surface area contributed by atoms with Crippen LogP contribution in [0.3, 0.4) is 0 Å². The highest BCUT2D eigenvalue weighted by Gasteiger charge is 2.47. The van der Waals surface area contributed by atoms with Crippen molar-refractivity contribution in [2.45, 2.75) is 52.2 Å². The Labute approximate surface area is 137 Å². The maximum atomic E-state index is 12.0. The van der Waals surface area contributed by atoms with Crippen molar-refractivity contribution in [1.29, 1.82) is 0 Å². The molecule has 1 heterocycles. The van der Waals surface area contributed by atoms with Gasteiger partial charge in [-0.1, -0.05) is 39.3 Å². The summed E-state index contributed by atoms with van der Waals surface area (Å²) in [7, 11) is 0. The minimum Gasteiger partial charge on any atom is -0.458 e. The predicted molar refractivity (Wildman–Crippen MR) is 83.6 cm³/mol. The molecule has 5 heteroatoms. The van der Waals surface area contributed by atoms with E-state index < -0.39 is 6.16 Å². The molecule has 2 aliphatic carbocycles. The molecule has 1 aliphatic heterocycles. The number of cyclic esters (lactones) is 1. The Bertz CT molecular complexity index is 498. The van der Waals surface area contributed by atoms with Crippen LogP contribution in [-0.4, -0.2) is 30.9 Å². The van der Waals surface area contributed by atoms with E-state index in [0.29, 0.717) is 17.8 Å². The van der Waals surface area contributed by atoms with E-state index in [-0.39, 0.29) is 36.6 Å². The third-order valence-corrected chi connectivity index (χ3v) is 5.50. The molecule has 0 unspecified atom stereocenters. The van der Waals surface area contributed by atoms with Crippen LogP contribution in [0.4, 0.5) is 4.79 Å². The van der Waals surface area contributed by atoms with E-state index >= 15 is 0 Å². The number of hydrogen-bond donors (Lipinski definition) is 0. The van der Waals surface area contributed by atoms with E-state index in [1.54, 1.807) is 0 Å². The Hall–Kier alpha value is -1.52. The smallest absolute Gasteiger partial charge is 0.458 e. The third-order valence-electron chi connectivity index (χ3n) is 5.50. The second-order valence-corrected chi connectivity index (χ2v) is 7.51. The molecular weight excluding hydrogens is 296 g/mol. The second kappa shape index (κ2) is 6.54. The molecule has 5 nitrogen and oxygen atoms in total. The first kappa shape index (κ1) is 16.3. The summed E-state index contributed by atoms with van der Waals surface area (Å²) >= 11 is 0. The lowest BCUT2D eigenvalue weighted by atomic mass is 9.75. The van der Waals surface area contributed by atoms with Gasteiger partial charge < -0.3 is 14.2 Å². The summed E-state index contributed by atoms with van der Waals surface area (Å²) < 4.78 is 16.0. The highest BCUT2D eigenvalue weighted by molar-refractivity contribution is 5.79. The zero-order valence-corrected chi connectivity index (χ0v) is 14.1. The summed E-state index contributed by atoms with van der Waals surface area (Å²) in [5.74, 6) is 1.12. The number of carbonyl (C=O) groups excluding carboxylic acids is 2. The summed E-state index contributed by atoms with van der Waals surface area (Å²) in [5.41, 5.74) is 0. The second-order valence-electron chi connectivity index (χ2n) is 7.51. The van der Waals surface area contributed by atoms with Crippen LogP contribution in [-0.2, 0) is 19.0 Å². The molecule has 6 atom stereocenters. The number of ether oxygens (including phenoxy) is 3. The average molecular weight is 322 g/mol. The van der Waals surface area contributed by atoms with Gasteiger partial charge in [0.05, 0.1) is 5.92 Å². The minimum atomic E-state index is -0.641. The largest absolute Gasteiger partial charge is 0.508 e. The van der Waals surface area contributed by atoms with Crippen LogP contribution in [0.25, 0.3) is 0 Å². The Kier molecular flexibility index (Phi) is 4.64. The van der Waals surface area contributed by atoms with E-state index in [2.05, 4.69) is 20.8 Å². The Morgan fingerprint density at radius 2 is 2.13 bits per heavy atom. The highest BCUT2D eigenvalue weighted by Crippen LogP contribution is 2.38. The van der Waals surface area contributed by atoms with Crippen LogP contribution in [0.5, 0.6) is 0 Å². The summed E-state index contributed by atoms with van der Waals surface area (Å²) in [4.78, 5) is 23.5. The summed E-state index contributed by atoms with van der Waals surface area (Å²) in [6, 6.07) is 0. The van der Waals surface area contributed by atoms with E-state index in [1.807, 2.05) is 12.2 Å². The molecule has 0 aromatic rings. The van der Waals surface area contributed by atoms with Gasteiger partial charge >= 0.3 is 12.1 Å². The zero-order chi connectivity index (χ0) is 16.6. The first-order chi connectivity index (χ1) is 11.0. The molecule has 0 N–H and O–H groups in total. The molecule has 0 amide bonds. The molecule has 1 saturated carbocycles. The Morgan fingerprint density at radius 3 is 2.74 bits per heavy atom. The van der Waals surface area contributed by atoms with Crippen molar-refractivity contribution in [3.63, 3.8) is 0 Å². The molecule has 3 rings (SSSR count). The van der Waals surface area contributed by atoms with Gasteiger partial charge in [-0.25, -0.2) is 4.79 Å². The predicted octanol–water partition coefficient (Wildman–Crippen LogP) is 3.33. The van der Waals surface area contributed by atoms with E-state index in [9.17, 15) is 9.59 Å². The lowest BCUT2D eigenvalue weighted by Gasteiger charge is -2.36. The molecule has 0 radical (unpaired) electrons. The lowest BCUT2D eigenvalue weighted by molar-refractivity contribution is -0.145. The fourth-order valence-electron chi connectivity index (χ4n) is 3.95. The highest BCUT2D eigenvalue weighted by atomic mass is 16.7. The summed E-state index contributed by atoms with van der Waals surface area (Å²) in [5, 5.41) is 0. The SMILES string of the molecule is CC(C)[C@@H]1CC[C@@H](C)C[C@H]1OC(=O)OC[C@H]1OC(=O)[C@@H]2C=C[C@H]12. The molecule has 1 saturated heterocycles. The van der Waals surface area contributed by atoms with Gasteiger partial charge in [-0.05, 0) is 30.6 Å². The van der Waals surface area contributed by atoms with Crippen molar-refractivity contribution in [3.05, 3.63) is 12.2 Å². The topological polar surface area (TPSA) is 61.8 Å². The van der Waals surface area contributed by atoms with Crippen LogP contribution in [0.1, 0.15) is 40.0 Å². The van der Waals surface area contributed by atoms with Crippen LogP contribution >= 0.6 is 0 Å². The first-order valence-corrected chi connectivity index (χ1v) is 8.68. The van der Waals surface area contributed by atoms with Gasteiger partial charge in [-0.2, -0.15) is 0 Å². The van der Waals surface area contributed by atoms with Gasteiger partial charge in [0.2, 0.25) is 0 Å². The Balaban J connectivity index is 1.48. The maximum Gasteiger partial charge on any atom is 0.508 e. The van der Waals surface area contributed by atoms with Gasteiger partial charge in [0.1, 0.15) is 18.8 Å². The van der Waals surface area contributed by atoms with Gasteiger partial charge in [0.25, 0.3) is 0 Å².